The van der Waals surface area contributed by atoms with E-state index < -0.39 is 33.8 Å². The summed E-state index contributed by atoms with van der Waals surface area (Å²) in [5.41, 5.74) is -0.442. The molecule has 0 spiro atoms. The highest BCUT2D eigenvalue weighted by Crippen LogP contribution is 2.30. The number of halogens is 3. The molecular formula is C15H22F3N3O3S. The molecule has 1 aromatic carbocycles. The lowest BCUT2D eigenvalue weighted by Crippen LogP contribution is -2.38. The van der Waals surface area contributed by atoms with E-state index in [9.17, 15) is 26.4 Å². The summed E-state index contributed by atoms with van der Waals surface area (Å²) in [5, 5.41) is 5.06. The average molecular weight is 381 g/mol. The fraction of sp³-hybridized carbons (Fsp3) is 0.533. The molecule has 25 heavy (non-hydrogen) atoms. The van der Waals surface area contributed by atoms with Gasteiger partial charge in [-0.1, -0.05) is 12.1 Å². The van der Waals surface area contributed by atoms with Crippen LogP contribution in [-0.4, -0.2) is 33.3 Å². The number of urea groups is 1. The maximum atomic E-state index is 12.7. The number of carbonyl (C=O) groups excluding carboxylic acids is 1. The number of nitrogens with one attached hydrogen (secondary N) is 3. The summed E-state index contributed by atoms with van der Waals surface area (Å²) >= 11 is 0. The maximum Gasteiger partial charge on any atom is 0.416 e. The second-order valence-corrected chi connectivity index (χ2v) is 7.49. The SMILES string of the molecule is CCS(=O)(=O)NCCCNC(=O)N[C@H](C)c1cccc(C(F)(F)F)c1. The topological polar surface area (TPSA) is 87.3 Å². The van der Waals surface area contributed by atoms with Crippen LogP contribution in [0, 0.1) is 0 Å². The Kier molecular flexibility index (Phi) is 7.68. The van der Waals surface area contributed by atoms with Crippen molar-refractivity contribution >= 4 is 16.1 Å². The second-order valence-electron chi connectivity index (χ2n) is 5.40. The van der Waals surface area contributed by atoms with Crippen molar-refractivity contribution < 1.29 is 26.4 Å². The molecule has 0 radical (unpaired) electrons. The summed E-state index contributed by atoms with van der Waals surface area (Å²) in [7, 11) is -3.26. The van der Waals surface area contributed by atoms with Crippen molar-refractivity contribution in [2.24, 2.45) is 0 Å². The summed E-state index contributed by atoms with van der Waals surface area (Å²) in [6.07, 6.45) is -4.05. The van der Waals surface area contributed by atoms with Crippen molar-refractivity contribution in [3.63, 3.8) is 0 Å². The van der Waals surface area contributed by atoms with Gasteiger partial charge in [-0.3, -0.25) is 0 Å². The van der Waals surface area contributed by atoms with Crippen molar-refractivity contribution in [2.45, 2.75) is 32.5 Å². The van der Waals surface area contributed by atoms with Crippen LogP contribution in [0.2, 0.25) is 0 Å². The largest absolute Gasteiger partial charge is 0.416 e. The molecule has 2 amide bonds. The quantitative estimate of drug-likeness (QED) is 0.604. The maximum absolute atomic E-state index is 12.7. The van der Waals surface area contributed by atoms with Crippen LogP contribution in [0.4, 0.5) is 18.0 Å². The van der Waals surface area contributed by atoms with E-state index in [1.165, 1.54) is 19.1 Å². The lowest BCUT2D eigenvalue weighted by atomic mass is 10.1. The van der Waals surface area contributed by atoms with E-state index in [-0.39, 0.29) is 18.8 Å². The third-order valence-electron chi connectivity index (χ3n) is 3.40. The van der Waals surface area contributed by atoms with Gasteiger partial charge < -0.3 is 10.6 Å². The number of rotatable bonds is 8. The van der Waals surface area contributed by atoms with Gasteiger partial charge in [0.15, 0.2) is 0 Å². The van der Waals surface area contributed by atoms with Gasteiger partial charge in [0.2, 0.25) is 10.0 Å². The van der Waals surface area contributed by atoms with Gasteiger partial charge in [0.25, 0.3) is 0 Å². The predicted octanol–water partition coefficient (Wildman–Crippen LogP) is 2.40. The van der Waals surface area contributed by atoms with E-state index in [1.807, 2.05) is 0 Å². The first-order valence-electron chi connectivity index (χ1n) is 7.74. The minimum Gasteiger partial charge on any atom is -0.338 e. The zero-order valence-corrected chi connectivity index (χ0v) is 14.8. The number of sulfonamides is 1. The first kappa shape index (κ1) is 21.2. The highest BCUT2D eigenvalue weighted by Gasteiger charge is 2.30. The number of carbonyl (C=O) groups is 1. The fourth-order valence-corrected chi connectivity index (χ4v) is 2.59. The number of hydrogen-bond acceptors (Lipinski definition) is 3. The zero-order chi connectivity index (χ0) is 19.1. The van der Waals surface area contributed by atoms with Crippen LogP contribution in [-0.2, 0) is 16.2 Å². The van der Waals surface area contributed by atoms with Gasteiger partial charge in [-0.25, -0.2) is 17.9 Å². The van der Waals surface area contributed by atoms with Crippen LogP contribution in [0.3, 0.4) is 0 Å². The molecule has 6 nitrogen and oxygen atoms in total. The number of amides is 2. The second kappa shape index (κ2) is 9.04. The summed E-state index contributed by atoms with van der Waals surface area (Å²) in [6.45, 7) is 3.51. The van der Waals surface area contributed by atoms with Gasteiger partial charge in [-0.2, -0.15) is 13.2 Å². The zero-order valence-electron chi connectivity index (χ0n) is 14.0. The van der Waals surface area contributed by atoms with Crippen LogP contribution < -0.4 is 15.4 Å². The monoisotopic (exact) mass is 381 g/mol. The van der Waals surface area contributed by atoms with Gasteiger partial charge >= 0.3 is 12.2 Å². The Hall–Kier alpha value is -1.81. The van der Waals surface area contributed by atoms with Crippen LogP contribution >= 0.6 is 0 Å². The van der Waals surface area contributed by atoms with Crippen LogP contribution in [0.5, 0.6) is 0 Å². The van der Waals surface area contributed by atoms with Gasteiger partial charge in [0, 0.05) is 13.1 Å². The van der Waals surface area contributed by atoms with E-state index in [1.54, 1.807) is 6.92 Å². The Labute approximate surface area is 145 Å². The predicted molar refractivity (Wildman–Crippen MR) is 88.5 cm³/mol. The van der Waals surface area contributed by atoms with Gasteiger partial charge in [-0.05, 0) is 38.0 Å². The fourth-order valence-electron chi connectivity index (χ4n) is 1.94. The Morgan fingerprint density at radius 3 is 2.52 bits per heavy atom. The van der Waals surface area contributed by atoms with Crippen LogP contribution in [0.25, 0.3) is 0 Å². The van der Waals surface area contributed by atoms with Crippen molar-refractivity contribution in [3.8, 4) is 0 Å². The first-order chi connectivity index (χ1) is 11.5. The Balaban J connectivity index is 2.42. The molecule has 0 bridgehead atoms. The smallest absolute Gasteiger partial charge is 0.338 e. The molecule has 0 heterocycles. The molecule has 0 aliphatic carbocycles. The molecule has 0 aliphatic rings. The minimum absolute atomic E-state index is 0.0184. The summed E-state index contributed by atoms with van der Waals surface area (Å²) in [4.78, 5) is 11.7. The number of alkyl halides is 3. The van der Waals surface area contributed by atoms with E-state index in [0.717, 1.165) is 12.1 Å². The van der Waals surface area contributed by atoms with Gasteiger partial charge in [0.05, 0.1) is 17.4 Å². The summed E-state index contributed by atoms with van der Waals surface area (Å²) < 4.78 is 62.9. The molecule has 1 rings (SSSR count). The van der Waals surface area contributed by atoms with Gasteiger partial charge in [-0.15, -0.1) is 0 Å². The molecule has 0 saturated heterocycles. The Morgan fingerprint density at radius 1 is 1.24 bits per heavy atom. The lowest BCUT2D eigenvalue weighted by molar-refractivity contribution is -0.137. The number of hydrogen-bond donors (Lipinski definition) is 3. The molecule has 0 aliphatic heterocycles. The van der Waals surface area contributed by atoms with Crippen molar-refractivity contribution in [2.75, 3.05) is 18.8 Å². The number of benzene rings is 1. The minimum atomic E-state index is -4.44. The van der Waals surface area contributed by atoms with Crippen molar-refractivity contribution in [3.05, 3.63) is 35.4 Å². The first-order valence-corrected chi connectivity index (χ1v) is 9.39. The lowest BCUT2D eigenvalue weighted by Gasteiger charge is -2.16. The molecule has 142 valence electrons. The van der Waals surface area contributed by atoms with E-state index in [4.69, 9.17) is 0 Å². The molecule has 1 aromatic rings. The normalized spacial score (nSPS) is 13.3. The van der Waals surface area contributed by atoms with Crippen LogP contribution in [0.1, 0.15) is 37.4 Å². The molecule has 0 unspecified atom stereocenters. The highest BCUT2D eigenvalue weighted by atomic mass is 32.2. The average Bonchev–Trinajstić information content (AvgIpc) is 2.53. The van der Waals surface area contributed by atoms with Crippen LogP contribution in [0.15, 0.2) is 24.3 Å². The molecule has 3 N–H and O–H groups in total. The highest BCUT2D eigenvalue weighted by molar-refractivity contribution is 7.89. The summed E-state index contributed by atoms with van der Waals surface area (Å²) in [6, 6.07) is 3.59. The Bertz CT molecular complexity index is 678. The Morgan fingerprint density at radius 2 is 1.92 bits per heavy atom. The van der Waals surface area contributed by atoms with Crippen molar-refractivity contribution in [1.29, 1.82) is 0 Å². The molecule has 0 saturated carbocycles. The molecule has 0 fully saturated rings. The van der Waals surface area contributed by atoms with Gasteiger partial charge in [0.1, 0.15) is 0 Å². The third kappa shape index (κ3) is 7.74. The van der Waals surface area contributed by atoms with Crippen molar-refractivity contribution in [1.82, 2.24) is 15.4 Å². The standard InChI is InChI=1S/C15H22F3N3O3S/c1-3-25(23,24)20-9-5-8-19-14(22)21-11(2)12-6-4-7-13(10-12)15(16,17)18/h4,6-7,10-11,20H,3,5,8-9H2,1-2H3,(H2,19,21,22)/t11-/m1/s1. The third-order valence-corrected chi connectivity index (χ3v) is 4.81. The summed E-state index contributed by atoms with van der Waals surface area (Å²) in [5.74, 6) is -0.0184. The van der Waals surface area contributed by atoms with E-state index >= 15 is 0 Å². The molecule has 0 aromatic heterocycles. The molecular weight excluding hydrogens is 359 g/mol. The molecule has 10 heteroatoms. The molecule has 1 atom stereocenters. The van der Waals surface area contributed by atoms with E-state index in [2.05, 4.69) is 15.4 Å². The van der Waals surface area contributed by atoms with E-state index in [0.29, 0.717) is 12.0 Å².